The lowest BCUT2D eigenvalue weighted by atomic mass is 10.0. The van der Waals surface area contributed by atoms with E-state index in [-0.39, 0.29) is 92.7 Å². The number of imide groups is 1. The van der Waals surface area contributed by atoms with Gasteiger partial charge in [-0.1, -0.05) is 44.6 Å². The molecule has 2 saturated heterocycles. The molecule has 6 heterocycles. The predicted molar refractivity (Wildman–Crippen MR) is 306 cm³/mol. The molecule has 1 aromatic carbocycles. The summed E-state index contributed by atoms with van der Waals surface area (Å²) < 4.78 is 55.8. The van der Waals surface area contributed by atoms with Crippen LogP contribution in [0.1, 0.15) is 83.9 Å². The van der Waals surface area contributed by atoms with Crippen molar-refractivity contribution in [2.45, 2.75) is 128 Å². The summed E-state index contributed by atoms with van der Waals surface area (Å²) in [6.07, 6.45) is 0.936. The lowest BCUT2D eigenvalue weighted by Crippen LogP contribution is -2.53. The molecule has 3 aromatic heterocycles. The van der Waals surface area contributed by atoms with Crippen molar-refractivity contribution in [2.24, 2.45) is 11.8 Å². The topological polar surface area (TPSA) is 386 Å². The van der Waals surface area contributed by atoms with Gasteiger partial charge in [-0.05, 0) is 68.0 Å². The number of benzene rings is 1. The monoisotopic (exact) mass is 1260 g/mol. The van der Waals surface area contributed by atoms with Gasteiger partial charge < -0.3 is 58.6 Å². The van der Waals surface area contributed by atoms with Gasteiger partial charge in [-0.2, -0.15) is 4.98 Å². The van der Waals surface area contributed by atoms with Crippen LogP contribution in [-0.4, -0.2) is 167 Å². The van der Waals surface area contributed by atoms with E-state index in [0.29, 0.717) is 42.8 Å². The van der Waals surface area contributed by atoms with Gasteiger partial charge in [0.1, 0.15) is 49.4 Å². The number of carbonyl (C=O) groups is 7. The van der Waals surface area contributed by atoms with Crippen LogP contribution >= 0.6 is 25.8 Å². The highest BCUT2D eigenvalue weighted by molar-refractivity contribution is 8.44. The Bertz CT molecular complexity index is 3270. The van der Waals surface area contributed by atoms with E-state index in [4.69, 9.17) is 44.1 Å². The van der Waals surface area contributed by atoms with Crippen molar-refractivity contribution in [3.8, 4) is 5.88 Å². The van der Waals surface area contributed by atoms with Crippen LogP contribution in [-0.2, 0) is 79.3 Å². The fourth-order valence-corrected chi connectivity index (χ4v) is 12.6. The van der Waals surface area contributed by atoms with Crippen LogP contribution in [0.15, 0.2) is 66.1 Å². The van der Waals surface area contributed by atoms with Gasteiger partial charge in [0, 0.05) is 75.4 Å². The predicted octanol–water partition coefficient (Wildman–Crippen LogP) is 3.15. The van der Waals surface area contributed by atoms with Crippen LogP contribution in [0.4, 0.5) is 16.4 Å². The molecule has 4 aliphatic rings. The van der Waals surface area contributed by atoms with Crippen molar-refractivity contribution in [1.82, 2.24) is 49.9 Å². The number of thiol groups is 1. The molecule has 0 radical (unpaired) electrons. The third-order valence-electron chi connectivity index (χ3n) is 14.1. The zero-order valence-corrected chi connectivity index (χ0v) is 50.0. The molecule has 3 aliphatic heterocycles. The highest BCUT2D eigenvalue weighted by Gasteiger charge is 2.51. The molecule has 2 unspecified atom stereocenters. The fourth-order valence-electron chi connectivity index (χ4n) is 9.55. The number of aromatic amines is 1. The summed E-state index contributed by atoms with van der Waals surface area (Å²) in [4.78, 5) is 134. The molecule has 3 fully saturated rings. The molecule has 4 aromatic rings. The van der Waals surface area contributed by atoms with E-state index in [9.17, 15) is 52.9 Å². The minimum atomic E-state index is -4.34. The van der Waals surface area contributed by atoms with E-state index >= 15 is 0 Å². The van der Waals surface area contributed by atoms with E-state index in [1.165, 1.54) is 48.1 Å². The number of fused-ring (bicyclic) bond motifs is 4. The minimum absolute atomic E-state index is 0.0860. The number of aliphatic hydroxyl groups excluding tert-OH is 1. The van der Waals surface area contributed by atoms with Crippen molar-refractivity contribution in [3.05, 3.63) is 77.3 Å². The molecule has 30 nitrogen and oxygen atoms in total. The maximum absolute atomic E-state index is 13.9. The lowest BCUT2D eigenvalue weighted by Gasteiger charge is -2.27. The number of hydrogen-bond acceptors (Lipinski definition) is 22. The summed E-state index contributed by atoms with van der Waals surface area (Å²) in [7, 11) is 1.48. The van der Waals surface area contributed by atoms with Gasteiger partial charge in [0.2, 0.25) is 35.5 Å². The first-order chi connectivity index (χ1) is 40.4. The molecule has 85 heavy (non-hydrogen) atoms. The Balaban J connectivity index is 0.771. The second kappa shape index (κ2) is 28.7. The number of H-pyrrole nitrogens is 1. The summed E-state index contributed by atoms with van der Waals surface area (Å²) in [6, 6.07) is 6.12. The summed E-state index contributed by atoms with van der Waals surface area (Å²) in [5, 5.41) is 22.1. The first-order valence-corrected chi connectivity index (χ1v) is 32.5. The summed E-state index contributed by atoms with van der Waals surface area (Å²) in [5.41, 5.74) is -0.128. The van der Waals surface area contributed by atoms with Gasteiger partial charge in [0.15, 0.2) is 17.4 Å². The van der Waals surface area contributed by atoms with Gasteiger partial charge in [-0.25, -0.2) is 24.3 Å². The molecule has 0 spiro atoms. The van der Waals surface area contributed by atoms with Crippen molar-refractivity contribution < 1.29 is 80.4 Å². The number of hydrogen-bond donors (Lipinski definition) is 8. The van der Waals surface area contributed by atoms with E-state index in [1.54, 1.807) is 44.2 Å². The average Bonchev–Trinajstić information content (AvgIpc) is 1.93. The fraction of sp³-hybridized carbons (Fsp3) is 0.529. The average molecular weight is 1260 g/mol. The Hall–Kier alpha value is -6.57. The molecule has 460 valence electrons. The standard InChI is InChI=1S/C51H66N12O18P2S2/c1-28(2)41(57-36(64)9-6-5-7-20-62-39(66)15-16-40(62)67)47(70)55-29(3)46(69)56-32-13-11-30(12-14-32)23-75-51(72)61(4)19-8-10-37(65)58-50-59-45-42(48(71)60-50)54-27-63(45)49-44-43(68)35(79-49)25-77-82(73,84)80-34-22-33(78-38-17-18-52-26-53-38)21-31(34)24-76-83(74,85)81-44/h11-18,26-29,31,33-35,41,43-44,49,68H,5-10,19-25H2,1-4H3,(H,55,70)(H,56,69)(H,57,64)(H,73,84)(H,74,85)(H2,58,59,60,65,71)/t29-,31+,33+,34-,35+,41-,43+,44+,49+,82?,83?/m0/s1. The first-order valence-electron chi connectivity index (χ1n) is 27.2. The van der Waals surface area contributed by atoms with E-state index in [0.717, 1.165) is 11.2 Å². The van der Waals surface area contributed by atoms with Crippen molar-refractivity contribution in [3.63, 3.8) is 0 Å². The Morgan fingerprint density at radius 1 is 0.906 bits per heavy atom. The smallest absolute Gasteiger partial charge is 0.409 e. The van der Waals surface area contributed by atoms with E-state index in [1.807, 2.05) is 0 Å². The number of aromatic nitrogens is 6. The molecular weight excluding hydrogens is 1190 g/mol. The number of nitrogens with one attached hydrogen (secondary N) is 5. The zero-order valence-electron chi connectivity index (χ0n) is 46.5. The Morgan fingerprint density at radius 2 is 1.65 bits per heavy atom. The minimum Gasteiger partial charge on any atom is -0.474 e. The quantitative estimate of drug-likeness (QED) is 0.0242. The maximum Gasteiger partial charge on any atom is 0.409 e. The third kappa shape index (κ3) is 17.6. The van der Waals surface area contributed by atoms with E-state index in [2.05, 4.69) is 58.4 Å². The highest BCUT2D eigenvalue weighted by Crippen LogP contribution is 2.58. The number of aliphatic hydroxyl groups is 1. The molecule has 7 amide bonds. The van der Waals surface area contributed by atoms with Crippen LogP contribution in [0.3, 0.4) is 0 Å². The van der Waals surface area contributed by atoms with Gasteiger partial charge in [-0.15, -0.1) is 0 Å². The van der Waals surface area contributed by atoms with Crippen molar-refractivity contribution in [2.75, 3.05) is 44.0 Å². The summed E-state index contributed by atoms with van der Waals surface area (Å²) >= 11 is 9.56. The SMILES string of the molecule is CC(C)[C@H](NC(=O)CCCCCN1C(=O)C=CC1=O)C(=O)N[C@@H](C)C(=O)Nc1ccc(COC(=O)N(C)CCCC(=O)Nc2nc3c(ncn3[C@@H]3O[C@@H]4COP(O)(=S)O[C@H]5C[C@H](Oc6ccncn6)C[C@@H]5COP(=O)(S)O[C@@H]3[C@@H]4O)c(=O)[nH]2)cc1. The first kappa shape index (κ1) is 64.4. The maximum atomic E-state index is 13.9. The zero-order chi connectivity index (χ0) is 61.2. The summed E-state index contributed by atoms with van der Waals surface area (Å²) in [5.74, 6) is -3.55. The number of ether oxygens (including phenoxy) is 3. The molecule has 7 N–H and O–H groups in total. The molecule has 34 heteroatoms. The molecular formula is C51H66N12O18P2S2. The van der Waals surface area contributed by atoms with Crippen LogP contribution in [0.5, 0.6) is 5.88 Å². The highest BCUT2D eigenvalue weighted by atomic mass is 32.7. The Morgan fingerprint density at radius 3 is 2.36 bits per heavy atom. The molecule has 8 rings (SSSR count). The van der Waals surface area contributed by atoms with E-state index < -0.39 is 104 Å². The molecule has 1 saturated carbocycles. The lowest BCUT2D eigenvalue weighted by molar-refractivity contribution is -0.137. The summed E-state index contributed by atoms with van der Waals surface area (Å²) in [6.45, 7) is -3.91. The number of imidazole rings is 1. The normalized spacial score (nSPS) is 25.7. The largest absolute Gasteiger partial charge is 0.474 e. The Kier molecular flexibility index (Phi) is 21.8. The van der Waals surface area contributed by atoms with Crippen molar-refractivity contribution >= 4 is 102 Å². The second-order valence-electron chi connectivity index (χ2n) is 20.9. The van der Waals surface area contributed by atoms with Crippen LogP contribution in [0, 0.1) is 11.8 Å². The van der Waals surface area contributed by atoms with Crippen LogP contribution in [0.2, 0.25) is 0 Å². The number of unbranched alkanes of at least 4 members (excludes halogenated alkanes) is 2. The van der Waals surface area contributed by atoms with Crippen LogP contribution in [0.25, 0.3) is 11.2 Å². The number of nitrogens with zero attached hydrogens (tertiary/aromatic N) is 7. The molecule has 1 aliphatic carbocycles. The van der Waals surface area contributed by atoms with Gasteiger partial charge in [0.25, 0.3) is 17.4 Å². The van der Waals surface area contributed by atoms with Crippen LogP contribution < -0.4 is 31.6 Å². The number of anilines is 2. The molecule has 11 atom stereocenters. The van der Waals surface area contributed by atoms with Crippen molar-refractivity contribution in [1.29, 1.82) is 0 Å². The third-order valence-corrected chi connectivity index (χ3v) is 17.3. The van der Waals surface area contributed by atoms with Gasteiger partial charge in [0.05, 0.1) is 25.6 Å². The Labute approximate surface area is 496 Å². The number of carbonyl (C=O) groups excluding carboxylic acids is 7. The second-order valence-corrected chi connectivity index (χ2v) is 26.5. The van der Waals surface area contributed by atoms with Gasteiger partial charge >= 0.3 is 19.6 Å². The van der Waals surface area contributed by atoms with Gasteiger partial charge in [-0.3, -0.25) is 57.9 Å². The number of rotatable bonds is 22. The number of amides is 7. The molecule has 2 bridgehead atoms.